The Morgan fingerprint density at radius 2 is 1.88 bits per heavy atom. The number of nitrogens with two attached hydrogens (primary N) is 1. The van der Waals surface area contributed by atoms with Gasteiger partial charge in [-0.15, -0.1) is 5.10 Å². The highest BCUT2D eigenvalue weighted by atomic mass is 15.5. The highest BCUT2D eigenvalue weighted by Crippen LogP contribution is 2.21. The monoisotopic (exact) mass is 225 g/mol. The fourth-order valence-electron chi connectivity index (χ4n) is 1.91. The lowest BCUT2D eigenvalue weighted by Gasteiger charge is -2.06. The van der Waals surface area contributed by atoms with E-state index in [1.165, 1.54) is 0 Å². The molecule has 0 aliphatic rings. The summed E-state index contributed by atoms with van der Waals surface area (Å²) in [7, 11) is 0. The molecule has 1 heterocycles. The van der Waals surface area contributed by atoms with Crippen LogP contribution in [0.15, 0.2) is 42.5 Å². The lowest BCUT2D eigenvalue weighted by atomic mass is 10.1. The lowest BCUT2D eigenvalue weighted by Crippen LogP contribution is -2.08. The van der Waals surface area contributed by atoms with Crippen molar-refractivity contribution in [3.05, 3.63) is 48.3 Å². The molecular weight excluding hydrogens is 214 g/mol. The molecule has 0 atom stereocenters. The molecule has 0 aliphatic carbocycles. The summed E-state index contributed by atoms with van der Waals surface area (Å²) < 4.78 is 1.68. The summed E-state index contributed by atoms with van der Waals surface area (Å²) in [5.41, 5.74) is 6.57. The topological polar surface area (TPSA) is 69.6 Å². The van der Waals surface area contributed by atoms with Crippen LogP contribution in [0, 0.1) is 0 Å². The van der Waals surface area contributed by atoms with Crippen molar-refractivity contribution in [3.63, 3.8) is 0 Å². The van der Waals surface area contributed by atoms with Crippen LogP contribution in [0.1, 0.15) is 5.82 Å². The number of benzene rings is 2. The third-order valence-corrected chi connectivity index (χ3v) is 2.71. The van der Waals surface area contributed by atoms with E-state index in [-0.39, 0.29) is 0 Å². The molecule has 1 aromatic heterocycles. The number of rotatable bonds is 2. The van der Waals surface area contributed by atoms with E-state index in [0.717, 1.165) is 16.5 Å². The van der Waals surface area contributed by atoms with Crippen molar-refractivity contribution in [2.45, 2.75) is 6.54 Å². The molecule has 84 valence electrons. The highest BCUT2D eigenvalue weighted by Gasteiger charge is 2.08. The Morgan fingerprint density at radius 1 is 1.06 bits per heavy atom. The standard InChI is InChI=1S/C12H11N5/c13-8-12-14-15-16-17(12)11-7-3-5-9-4-1-2-6-10(9)11/h1-7H,8,13H2. The molecule has 3 rings (SSSR count). The normalized spacial score (nSPS) is 10.9. The van der Waals surface area contributed by atoms with Crippen molar-refractivity contribution in [2.75, 3.05) is 0 Å². The summed E-state index contributed by atoms with van der Waals surface area (Å²) in [6.45, 7) is 0.316. The fraction of sp³-hybridized carbons (Fsp3) is 0.0833. The quantitative estimate of drug-likeness (QED) is 0.713. The number of aromatic nitrogens is 4. The second kappa shape index (κ2) is 3.95. The van der Waals surface area contributed by atoms with E-state index in [1.807, 2.05) is 30.3 Å². The van der Waals surface area contributed by atoms with Crippen molar-refractivity contribution in [1.29, 1.82) is 0 Å². The van der Waals surface area contributed by atoms with Crippen LogP contribution in [0.4, 0.5) is 0 Å². The molecule has 0 fully saturated rings. The van der Waals surface area contributed by atoms with E-state index in [0.29, 0.717) is 12.4 Å². The Morgan fingerprint density at radius 3 is 2.76 bits per heavy atom. The molecule has 0 saturated heterocycles. The SMILES string of the molecule is NCc1nnnn1-c1cccc2ccccc12. The zero-order valence-corrected chi connectivity index (χ0v) is 9.11. The van der Waals surface area contributed by atoms with Gasteiger partial charge in [-0.2, -0.15) is 4.68 Å². The first-order valence-corrected chi connectivity index (χ1v) is 5.35. The Hall–Kier alpha value is -2.27. The first kappa shape index (κ1) is 9.92. The van der Waals surface area contributed by atoms with Crippen LogP contribution in [0.2, 0.25) is 0 Å². The molecule has 3 aromatic rings. The predicted molar refractivity (Wildman–Crippen MR) is 64.6 cm³/mol. The van der Waals surface area contributed by atoms with E-state index in [2.05, 4.69) is 27.7 Å². The summed E-state index contributed by atoms with van der Waals surface area (Å²) >= 11 is 0. The third-order valence-electron chi connectivity index (χ3n) is 2.71. The Balaban J connectivity index is 2.31. The van der Waals surface area contributed by atoms with Crippen molar-refractivity contribution in [3.8, 4) is 5.69 Å². The maximum atomic E-state index is 5.61. The first-order chi connectivity index (χ1) is 8.40. The summed E-state index contributed by atoms with van der Waals surface area (Å²) in [5, 5.41) is 13.8. The van der Waals surface area contributed by atoms with Crippen LogP contribution >= 0.6 is 0 Å². The minimum Gasteiger partial charge on any atom is -0.324 e. The van der Waals surface area contributed by atoms with Gasteiger partial charge in [0.05, 0.1) is 12.2 Å². The van der Waals surface area contributed by atoms with E-state index < -0.39 is 0 Å². The predicted octanol–water partition coefficient (Wildman–Crippen LogP) is 1.27. The van der Waals surface area contributed by atoms with E-state index in [9.17, 15) is 0 Å². The fourth-order valence-corrected chi connectivity index (χ4v) is 1.91. The smallest absolute Gasteiger partial charge is 0.170 e. The Kier molecular flexibility index (Phi) is 2.31. The van der Waals surface area contributed by atoms with Gasteiger partial charge < -0.3 is 5.73 Å². The van der Waals surface area contributed by atoms with Gasteiger partial charge in [0.1, 0.15) is 0 Å². The zero-order valence-electron chi connectivity index (χ0n) is 9.11. The van der Waals surface area contributed by atoms with Crippen molar-refractivity contribution in [2.24, 2.45) is 5.73 Å². The highest BCUT2D eigenvalue weighted by molar-refractivity contribution is 5.89. The molecule has 2 aromatic carbocycles. The summed E-state index contributed by atoms with van der Waals surface area (Å²) in [6, 6.07) is 14.1. The molecule has 0 spiro atoms. The van der Waals surface area contributed by atoms with Crippen LogP contribution in [-0.4, -0.2) is 20.2 Å². The van der Waals surface area contributed by atoms with Gasteiger partial charge in [0.2, 0.25) is 0 Å². The van der Waals surface area contributed by atoms with Gasteiger partial charge in [-0.05, 0) is 21.9 Å². The van der Waals surface area contributed by atoms with Gasteiger partial charge in [-0.1, -0.05) is 36.4 Å². The zero-order chi connectivity index (χ0) is 11.7. The molecule has 0 bridgehead atoms. The first-order valence-electron chi connectivity index (χ1n) is 5.35. The Bertz CT molecular complexity index is 653. The van der Waals surface area contributed by atoms with Crippen LogP contribution < -0.4 is 5.73 Å². The van der Waals surface area contributed by atoms with Gasteiger partial charge in [0, 0.05) is 5.39 Å². The van der Waals surface area contributed by atoms with E-state index >= 15 is 0 Å². The number of fused-ring (bicyclic) bond motifs is 1. The molecule has 0 unspecified atom stereocenters. The van der Waals surface area contributed by atoms with Crippen LogP contribution in [0.25, 0.3) is 16.5 Å². The number of hydrogen-bond acceptors (Lipinski definition) is 4. The number of hydrogen-bond donors (Lipinski definition) is 1. The van der Waals surface area contributed by atoms with Crippen molar-refractivity contribution in [1.82, 2.24) is 20.2 Å². The second-order valence-corrected chi connectivity index (χ2v) is 3.71. The molecule has 0 amide bonds. The van der Waals surface area contributed by atoms with Crippen LogP contribution in [0.3, 0.4) is 0 Å². The Labute approximate surface area is 97.9 Å². The minimum atomic E-state index is 0.316. The van der Waals surface area contributed by atoms with Crippen LogP contribution in [0.5, 0.6) is 0 Å². The lowest BCUT2D eigenvalue weighted by molar-refractivity contribution is 0.766. The van der Waals surface area contributed by atoms with Crippen LogP contribution in [-0.2, 0) is 6.54 Å². The maximum absolute atomic E-state index is 5.61. The molecule has 0 saturated carbocycles. The maximum Gasteiger partial charge on any atom is 0.170 e. The molecule has 5 heteroatoms. The molecular formula is C12H11N5. The largest absolute Gasteiger partial charge is 0.324 e. The van der Waals surface area contributed by atoms with Gasteiger partial charge in [-0.25, -0.2) is 0 Å². The summed E-state index contributed by atoms with van der Waals surface area (Å²) in [5.74, 6) is 0.654. The van der Waals surface area contributed by atoms with Gasteiger partial charge in [-0.3, -0.25) is 0 Å². The average molecular weight is 225 g/mol. The van der Waals surface area contributed by atoms with Gasteiger partial charge in [0.25, 0.3) is 0 Å². The molecule has 0 aliphatic heterocycles. The molecule has 2 N–H and O–H groups in total. The number of tetrazole rings is 1. The van der Waals surface area contributed by atoms with E-state index in [4.69, 9.17) is 5.73 Å². The minimum absolute atomic E-state index is 0.316. The number of nitrogens with zero attached hydrogens (tertiary/aromatic N) is 4. The summed E-state index contributed by atoms with van der Waals surface area (Å²) in [4.78, 5) is 0. The summed E-state index contributed by atoms with van der Waals surface area (Å²) in [6.07, 6.45) is 0. The average Bonchev–Trinajstić information content (AvgIpc) is 2.86. The van der Waals surface area contributed by atoms with Crippen molar-refractivity contribution >= 4 is 10.8 Å². The van der Waals surface area contributed by atoms with Gasteiger partial charge in [0.15, 0.2) is 5.82 Å². The van der Waals surface area contributed by atoms with E-state index in [1.54, 1.807) is 4.68 Å². The van der Waals surface area contributed by atoms with Crippen molar-refractivity contribution < 1.29 is 0 Å². The third kappa shape index (κ3) is 1.57. The van der Waals surface area contributed by atoms with Gasteiger partial charge >= 0.3 is 0 Å². The second-order valence-electron chi connectivity index (χ2n) is 3.71. The molecule has 17 heavy (non-hydrogen) atoms. The molecule has 5 nitrogen and oxygen atoms in total. The molecule has 0 radical (unpaired) electrons.